The Morgan fingerprint density at radius 2 is 2.33 bits per heavy atom. The van der Waals surface area contributed by atoms with E-state index in [1.54, 1.807) is 11.3 Å². The maximum atomic E-state index is 11.5. The van der Waals surface area contributed by atoms with E-state index in [0.29, 0.717) is 12.8 Å². The molecule has 0 radical (unpaired) electrons. The number of thiophene rings is 1. The number of methoxy groups -OCH3 is 1. The maximum Gasteiger partial charge on any atom is 0.330 e. The van der Waals surface area contributed by atoms with Crippen molar-refractivity contribution in [3.8, 4) is 0 Å². The Bertz CT molecular complexity index is 377. The monoisotopic (exact) mass is 271 g/mol. The Morgan fingerprint density at radius 1 is 1.56 bits per heavy atom. The molecule has 1 amide bonds. The second-order valence-corrected chi connectivity index (χ2v) is 4.79. The third-order valence-corrected chi connectivity index (χ3v) is 3.35. The highest BCUT2D eigenvalue weighted by Crippen LogP contribution is 2.11. The van der Waals surface area contributed by atoms with Gasteiger partial charge in [0.2, 0.25) is 5.91 Å². The fraction of sp³-hybridized carbons (Fsp3) is 0.500. The number of aryl methyl sites for hydroxylation is 1. The predicted molar refractivity (Wildman–Crippen MR) is 68.3 cm³/mol. The number of hydrogen-bond acceptors (Lipinski definition) is 5. The average Bonchev–Trinajstić information content (AvgIpc) is 2.88. The number of ether oxygens (including phenoxy) is 1. The normalized spacial score (nSPS) is 11.9. The van der Waals surface area contributed by atoms with Crippen LogP contribution in [-0.2, 0) is 20.7 Å². The highest BCUT2D eigenvalue weighted by molar-refractivity contribution is 7.09. The summed E-state index contributed by atoms with van der Waals surface area (Å²) in [6.07, 6.45) is 1.88. The Labute approximate surface area is 110 Å². The van der Waals surface area contributed by atoms with Gasteiger partial charge < -0.3 is 15.2 Å². The van der Waals surface area contributed by atoms with Crippen LogP contribution in [-0.4, -0.2) is 36.7 Å². The third kappa shape index (κ3) is 4.85. The summed E-state index contributed by atoms with van der Waals surface area (Å²) in [7, 11) is 1.22. The minimum atomic E-state index is -0.968. The Kier molecular flexibility index (Phi) is 6.38. The molecule has 1 atom stereocenters. The van der Waals surface area contributed by atoms with Crippen molar-refractivity contribution in [1.29, 1.82) is 0 Å². The third-order valence-electron chi connectivity index (χ3n) is 2.41. The van der Waals surface area contributed by atoms with Crippen LogP contribution in [0, 0.1) is 0 Å². The van der Waals surface area contributed by atoms with Gasteiger partial charge in [0.1, 0.15) is 0 Å². The number of amides is 1. The van der Waals surface area contributed by atoms with Crippen molar-refractivity contribution in [2.45, 2.75) is 25.3 Å². The van der Waals surface area contributed by atoms with Crippen LogP contribution < -0.4 is 5.32 Å². The second-order valence-electron chi connectivity index (χ2n) is 3.76. The van der Waals surface area contributed by atoms with E-state index in [1.807, 2.05) is 17.5 Å². The van der Waals surface area contributed by atoms with E-state index in [-0.39, 0.29) is 5.91 Å². The largest absolute Gasteiger partial charge is 0.467 e. The molecule has 0 fully saturated rings. The van der Waals surface area contributed by atoms with Gasteiger partial charge in [-0.3, -0.25) is 4.79 Å². The molecular formula is C12H17NO4S. The van der Waals surface area contributed by atoms with Gasteiger partial charge in [0.05, 0.1) is 13.7 Å². The molecule has 0 saturated carbocycles. The van der Waals surface area contributed by atoms with Crippen LogP contribution in [0.15, 0.2) is 17.5 Å². The highest BCUT2D eigenvalue weighted by atomic mass is 32.1. The van der Waals surface area contributed by atoms with Crippen molar-refractivity contribution in [2.24, 2.45) is 0 Å². The lowest BCUT2D eigenvalue weighted by Gasteiger charge is -2.13. The van der Waals surface area contributed by atoms with Gasteiger partial charge in [0.25, 0.3) is 0 Å². The molecule has 0 aliphatic heterocycles. The topological polar surface area (TPSA) is 75.6 Å². The molecule has 1 unspecified atom stereocenters. The number of carbonyl (C=O) groups excluding carboxylic acids is 2. The van der Waals surface area contributed by atoms with Crippen LogP contribution in [0.4, 0.5) is 0 Å². The summed E-state index contributed by atoms with van der Waals surface area (Å²) < 4.78 is 4.46. The lowest BCUT2D eigenvalue weighted by molar-refractivity contribution is -0.146. The van der Waals surface area contributed by atoms with Gasteiger partial charge in [-0.05, 0) is 24.3 Å². The Hall–Kier alpha value is -1.40. The molecule has 0 bridgehead atoms. The summed E-state index contributed by atoms with van der Waals surface area (Å²) in [5, 5.41) is 13.4. The molecule has 5 nitrogen and oxygen atoms in total. The zero-order valence-corrected chi connectivity index (χ0v) is 11.0. The number of carbonyl (C=O) groups is 2. The molecule has 18 heavy (non-hydrogen) atoms. The van der Waals surface area contributed by atoms with Crippen molar-refractivity contribution in [3.05, 3.63) is 22.4 Å². The number of hydrogen-bond donors (Lipinski definition) is 2. The van der Waals surface area contributed by atoms with Crippen LogP contribution in [0.5, 0.6) is 0 Å². The molecule has 1 rings (SSSR count). The number of aliphatic hydroxyl groups excluding tert-OH is 1. The zero-order valence-electron chi connectivity index (χ0n) is 10.2. The summed E-state index contributed by atoms with van der Waals surface area (Å²) in [6.45, 7) is -0.455. The molecule has 2 N–H and O–H groups in total. The molecule has 0 spiro atoms. The average molecular weight is 271 g/mol. The van der Waals surface area contributed by atoms with Crippen molar-refractivity contribution >= 4 is 23.2 Å². The van der Waals surface area contributed by atoms with Crippen LogP contribution in [0.3, 0.4) is 0 Å². The van der Waals surface area contributed by atoms with Gasteiger partial charge >= 0.3 is 5.97 Å². The summed E-state index contributed by atoms with van der Waals surface area (Å²) in [5.41, 5.74) is 0. The maximum absolute atomic E-state index is 11.5. The first-order valence-corrected chi connectivity index (χ1v) is 6.55. The molecule has 1 aromatic heterocycles. The van der Waals surface area contributed by atoms with Gasteiger partial charge in [0, 0.05) is 11.3 Å². The number of aliphatic hydroxyl groups is 1. The Morgan fingerprint density at radius 3 is 2.89 bits per heavy atom. The smallest absolute Gasteiger partial charge is 0.330 e. The molecule has 0 saturated heterocycles. The standard InChI is InChI=1S/C12H17NO4S/c1-17-12(16)10(8-14)13-11(15)6-2-4-9-5-3-7-18-9/h3,5,7,10,14H,2,4,6,8H2,1H3,(H,13,15). The number of rotatable bonds is 7. The van der Waals surface area contributed by atoms with Gasteiger partial charge in [0.15, 0.2) is 6.04 Å². The van der Waals surface area contributed by atoms with Crippen molar-refractivity contribution in [1.82, 2.24) is 5.32 Å². The number of esters is 1. The first-order chi connectivity index (χ1) is 8.67. The van der Waals surface area contributed by atoms with Crippen LogP contribution in [0.2, 0.25) is 0 Å². The van der Waals surface area contributed by atoms with E-state index >= 15 is 0 Å². The summed E-state index contributed by atoms with van der Waals surface area (Å²) in [6, 6.07) is 3.02. The molecule has 1 aromatic rings. The molecule has 0 aromatic carbocycles. The van der Waals surface area contributed by atoms with Crippen molar-refractivity contribution in [3.63, 3.8) is 0 Å². The SMILES string of the molecule is COC(=O)C(CO)NC(=O)CCCc1cccs1. The molecule has 0 aliphatic rings. The van der Waals surface area contributed by atoms with Gasteiger partial charge in [-0.15, -0.1) is 11.3 Å². The van der Waals surface area contributed by atoms with Crippen LogP contribution in [0.25, 0.3) is 0 Å². The van der Waals surface area contributed by atoms with E-state index in [2.05, 4.69) is 10.1 Å². The molecule has 100 valence electrons. The first-order valence-electron chi connectivity index (χ1n) is 5.67. The Balaban J connectivity index is 2.26. The highest BCUT2D eigenvalue weighted by Gasteiger charge is 2.19. The van der Waals surface area contributed by atoms with E-state index < -0.39 is 18.6 Å². The lowest BCUT2D eigenvalue weighted by Crippen LogP contribution is -2.43. The molecular weight excluding hydrogens is 254 g/mol. The molecule has 0 aliphatic carbocycles. The van der Waals surface area contributed by atoms with E-state index in [1.165, 1.54) is 12.0 Å². The van der Waals surface area contributed by atoms with E-state index in [0.717, 1.165) is 6.42 Å². The van der Waals surface area contributed by atoms with Crippen LogP contribution >= 0.6 is 11.3 Å². The lowest BCUT2D eigenvalue weighted by atomic mass is 10.2. The minimum Gasteiger partial charge on any atom is -0.467 e. The van der Waals surface area contributed by atoms with Gasteiger partial charge in [-0.2, -0.15) is 0 Å². The summed E-state index contributed by atoms with van der Waals surface area (Å²) in [4.78, 5) is 23.9. The van der Waals surface area contributed by atoms with E-state index in [9.17, 15) is 9.59 Å². The fourth-order valence-corrected chi connectivity index (χ4v) is 2.22. The van der Waals surface area contributed by atoms with Crippen molar-refractivity contribution in [2.75, 3.05) is 13.7 Å². The van der Waals surface area contributed by atoms with Gasteiger partial charge in [-0.25, -0.2) is 4.79 Å². The van der Waals surface area contributed by atoms with Crippen LogP contribution in [0.1, 0.15) is 17.7 Å². The molecule has 1 heterocycles. The van der Waals surface area contributed by atoms with Gasteiger partial charge in [-0.1, -0.05) is 6.07 Å². The zero-order chi connectivity index (χ0) is 13.4. The summed E-state index contributed by atoms with van der Waals surface area (Å²) in [5.74, 6) is -0.889. The predicted octanol–water partition coefficient (Wildman–Crippen LogP) is 0.721. The minimum absolute atomic E-state index is 0.254. The quantitative estimate of drug-likeness (QED) is 0.717. The fourth-order valence-electron chi connectivity index (χ4n) is 1.47. The number of nitrogens with one attached hydrogen (secondary N) is 1. The molecule has 6 heteroatoms. The summed E-state index contributed by atoms with van der Waals surface area (Å²) >= 11 is 1.66. The van der Waals surface area contributed by atoms with Crippen molar-refractivity contribution < 1.29 is 19.4 Å². The van der Waals surface area contributed by atoms with E-state index in [4.69, 9.17) is 5.11 Å². The second kappa shape index (κ2) is 7.84. The first kappa shape index (κ1) is 14.7.